The Labute approximate surface area is 126 Å². The summed E-state index contributed by atoms with van der Waals surface area (Å²) in [5.41, 5.74) is -0.0387. The maximum Gasteiger partial charge on any atom is 0.417 e. The third kappa shape index (κ3) is 4.84. The Morgan fingerprint density at radius 2 is 2.10 bits per heavy atom. The van der Waals surface area contributed by atoms with Crippen LogP contribution in [0.25, 0.3) is 0 Å². The minimum atomic E-state index is -4.36. The van der Waals surface area contributed by atoms with Gasteiger partial charge >= 0.3 is 6.18 Å². The molecule has 0 amide bonds. The number of nitrogens with one attached hydrogen (secondary N) is 1. The third-order valence-corrected chi connectivity index (χ3v) is 3.61. The molecule has 0 aliphatic carbocycles. The molecule has 0 aromatic heterocycles. The van der Waals surface area contributed by atoms with Crippen molar-refractivity contribution in [1.29, 1.82) is 0 Å². The van der Waals surface area contributed by atoms with Gasteiger partial charge in [-0.15, -0.1) is 12.3 Å². The molecule has 1 rings (SSSR count). The highest BCUT2D eigenvalue weighted by atomic mass is 79.9. The quantitative estimate of drug-likeness (QED) is 0.720. The van der Waals surface area contributed by atoms with Crippen molar-refractivity contribution >= 4 is 15.9 Å². The Morgan fingerprint density at radius 1 is 1.40 bits per heavy atom. The summed E-state index contributed by atoms with van der Waals surface area (Å²) in [4.78, 5) is 0. The van der Waals surface area contributed by atoms with Crippen LogP contribution < -0.4 is 5.32 Å². The monoisotopic (exact) mass is 347 g/mol. The first kappa shape index (κ1) is 17.1. The summed E-state index contributed by atoms with van der Waals surface area (Å²) in [5.74, 6) is 2.53. The molecule has 0 aliphatic heterocycles. The summed E-state index contributed by atoms with van der Waals surface area (Å²) in [6.45, 7) is 2.75. The van der Waals surface area contributed by atoms with Gasteiger partial charge in [-0.2, -0.15) is 13.2 Å². The number of alkyl halides is 3. The molecule has 1 atom stereocenters. The van der Waals surface area contributed by atoms with E-state index in [0.29, 0.717) is 18.4 Å². The van der Waals surface area contributed by atoms with Crippen molar-refractivity contribution < 1.29 is 13.2 Å². The molecular weight excluding hydrogens is 331 g/mol. The summed E-state index contributed by atoms with van der Waals surface area (Å²) in [5, 5.41) is 3.24. The van der Waals surface area contributed by atoms with E-state index >= 15 is 0 Å². The second-order valence-electron chi connectivity index (χ2n) is 4.49. The molecule has 0 saturated carbocycles. The van der Waals surface area contributed by atoms with Gasteiger partial charge in [0, 0.05) is 16.9 Å². The van der Waals surface area contributed by atoms with E-state index in [1.165, 1.54) is 12.1 Å². The standard InChI is InChI=1S/C15H17BrF3N/c1-3-5-6-14(20-9-4-2)11-7-8-13(16)12(10-11)15(17,18)19/h1,7-8,10,14,20H,4-6,9H2,2H3. The van der Waals surface area contributed by atoms with E-state index in [1.807, 2.05) is 6.92 Å². The normalized spacial score (nSPS) is 13.0. The topological polar surface area (TPSA) is 12.0 Å². The molecule has 0 bridgehead atoms. The first-order chi connectivity index (χ1) is 9.40. The highest BCUT2D eigenvalue weighted by Crippen LogP contribution is 2.36. The first-order valence-corrected chi connectivity index (χ1v) is 7.23. The van der Waals surface area contributed by atoms with Gasteiger partial charge in [-0.25, -0.2) is 0 Å². The van der Waals surface area contributed by atoms with Crippen molar-refractivity contribution in [3.05, 3.63) is 33.8 Å². The molecule has 0 radical (unpaired) electrons. The van der Waals surface area contributed by atoms with Crippen molar-refractivity contribution in [1.82, 2.24) is 5.32 Å². The maximum absolute atomic E-state index is 12.9. The molecule has 1 aromatic rings. The van der Waals surface area contributed by atoms with Crippen molar-refractivity contribution in [2.75, 3.05) is 6.54 Å². The molecule has 1 aromatic carbocycles. The van der Waals surface area contributed by atoms with E-state index in [-0.39, 0.29) is 10.5 Å². The Hall–Kier alpha value is -0.990. The second-order valence-corrected chi connectivity index (χ2v) is 5.34. The molecule has 1 unspecified atom stereocenters. The zero-order valence-electron chi connectivity index (χ0n) is 11.2. The zero-order chi connectivity index (χ0) is 15.2. The van der Waals surface area contributed by atoms with E-state index in [9.17, 15) is 13.2 Å². The van der Waals surface area contributed by atoms with Gasteiger partial charge in [-0.05, 0) is 37.1 Å². The molecule has 20 heavy (non-hydrogen) atoms. The van der Waals surface area contributed by atoms with Crippen LogP contribution in [0.15, 0.2) is 22.7 Å². The highest BCUT2D eigenvalue weighted by Gasteiger charge is 2.33. The SMILES string of the molecule is C#CCCC(NCCC)c1ccc(Br)c(C(F)(F)F)c1. The lowest BCUT2D eigenvalue weighted by Crippen LogP contribution is -2.22. The Morgan fingerprint density at radius 3 is 2.65 bits per heavy atom. The fourth-order valence-corrected chi connectivity index (χ4v) is 2.38. The van der Waals surface area contributed by atoms with Gasteiger partial charge in [-0.3, -0.25) is 0 Å². The van der Waals surface area contributed by atoms with E-state index in [4.69, 9.17) is 6.42 Å². The van der Waals surface area contributed by atoms with E-state index < -0.39 is 11.7 Å². The van der Waals surface area contributed by atoms with Gasteiger partial charge in [0.2, 0.25) is 0 Å². The molecule has 0 spiro atoms. The fourth-order valence-electron chi connectivity index (χ4n) is 1.91. The van der Waals surface area contributed by atoms with Crippen molar-refractivity contribution in [2.24, 2.45) is 0 Å². The predicted octanol–water partition coefficient (Wildman–Crippen LogP) is 4.92. The summed E-state index contributed by atoms with van der Waals surface area (Å²) in [6, 6.07) is 4.17. The smallest absolute Gasteiger partial charge is 0.310 e. The summed E-state index contributed by atoms with van der Waals surface area (Å²) >= 11 is 2.95. The van der Waals surface area contributed by atoms with Crippen LogP contribution >= 0.6 is 15.9 Å². The first-order valence-electron chi connectivity index (χ1n) is 6.43. The van der Waals surface area contributed by atoms with Crippen LogP contribution in [0, 0.1) is 12.3 Å². The van der Waals surface area contributed by atoms with Gasteiger partial charge in [-0.1, -0.05) is 28.9 Å². The van der Waals surface area contributed by atoms with Crippen LogP contribution in [-0.4, -0.2) is 6.54 Å². The summed E-state index contributed by atoms with van der Waals surface area (Å²) in [7, 11) is 0. The number of hydrogen-bond donors (Lipinski definition) is 1. The van der Waals surface area contributed by atoms with Crippen LogP contribution in [-0.2, 0) is 6.18 Å². The minimum absolute atomic E-state index is 0.0555. The van der Waals surface area contributed by atoms with Crippen molar-refractivity contribution in [2.45, 2.75) is 38.4 Å². The van der Waals surface area contributed by atoms with E-state index in [2.05, 4.69) is 27.2 Å². The number of halogens is 4. The minimum Gasteiger partial charge on any atom is -0.310 e. The largest absolute Gasteiger partial charge is 0.417 e. The van der Waals surface area contributed by atoms with Crippen molar-refractivity contribution in [3.8, 4) is 12.3 Å². The maximum atomic E-state index is 12.9. The van der Waals surface area contributed by atoms with Gasteiger partial charge in [0.15, 0.2) is 0 Å². The number of hydrogen-bond acceptors (Lipinski definition) is 1. The molecule has 0 heterocycles. The Kier molecular flexibility index (Phi) is 6.57. The molecule has 0 fully saturated rings. The molecule has 0 saturated heterocycles. The van der Waals surface area contributed by atoms with Crippen LogP contribution in [0.4, 0.5) is 13.2 Å². The summed E-state index contributed by atoms with van der Waals surface area (Å²) in [6.07, 6.45) is 2.94. The molecule has 110 valence electrons. The average Bonchev–Trinajstić information content (AvgIpc) is 2.38. The van der Waals surface area contributed by atoms with Crippen LogP contribution in [0.5, 0.6) is 0 Å². The fraction of sp³-hybridized carbons (Fsp3) is 0.467. The number of rotatable bonds is 6. The molecule has 0 aliphatic rings. The molecule has 5 heteroatoms. The Balaban J connectivity index is 3.04. The average molecular weight is 348 g/mol. The van der Waals surface area contributed by atoms with Crippen molar-refractivity contribution in [3.63, 3.8) is 0 Å². The number of benzene rings is 1. The third-order valence-electron chi connectivity index (χ3n) is 2.92. The lowest BCUT2D eigenvalue weighted by Gasteiger charge is -2.20. The zero-order valence-corrected chi connectivity index (χ0v) is 12.8. The molecule has 1 nitrogen and oxygen atoms in total. The van der Waals surface area contributed by atoms with Crippen LogP contribution in [0.3, 0.4) is 0 Å². The highest BCUT2D eigenvalue weighted by molar-refractivity contribution is 9.10. The summed E-state index contributed by atoms with van der Waals surface area (Å²) < 4.78 is 38.8. The van der Waals surface area contributed by atoms with Gasteiger partial charge in [0.25, 0.3) is 0 Å². The van der Waals surface area contributed by atoms with Gasteiger partial charge in [0.1, 0.15) is 0 Å². The van der Waals surface area contributed by atoms with Gasteiger partial charge < -0.3 is 5.32 Å². The second kappa shape index (κ2) is 7.70. The van der Waals surface area contributed by atoms with Gasteiger partial charge in [0.05, 0.1) is 5.56 Å². The number of terminal acetylenes is 1. The lowest BCUT2D eigenvalue weighted by molar-refractivity contribution is -0.138. The molecular formula is C15H17BrF3N. The van der Waals surface area contributed by atoms with Crippen LogP contribution in [0.2, 0.25) is 0 Å². The molecule has 1 N–H and O–H groups in total. The lowest BCUT2D eigenvalue weighted by atomic mass is 9.99. The Bertz CT molecular complexity index is 477. The van der Waals surface area contributed by atoms with E-state index in [0.717, 1.165) is 13.0 Å². The van der Waals surface area contributed by atoms with Crippen LogP contribution in [0.1, 0.15) is 43.4 Å². The predicted molar refractivity (Wildman–Crippen MR) is 78.2 cm³/mol. The van der Waals surface area contributed by atoms with E-state index in [1.54, 1.807) is 6.07 Å².